The molecule has 2 rings (SSSR count). The molecule has 0 radical (unpaired) electrons. The van der Waals surface area contributed by atoms with E-state index in [0.29, 0.717) is 0 Å². The van der Waals surface area contributed by atoms with Gasteiger partial charge in [-0.25, -0.2) is 23.3 Å². The summed E-state index contributed by atoms with van der Waals surface area (Å²) in [6.07, 6.45) is 12.8. The Bertz CT molecular complexity index is 293. The Morgan fingerprint density at radius 1 is 0.800 bits per heavy atom. The van der Waals surface area contributed by atoms with E-state index in [1.165, 1.54) is 22.3 Å². The Hall–Kier alpha value is -0.417. The van der Waals surface area contributed by atoms with Crippen LogP contribution in [0.2, 0.25) is 0 Å². The molecule has 0 heterocycles. The fourth-order valence-electron chi connectivity index (χ4n) is 1.50. The molecule has 0 nitrogen and oxygen atoms in total. The van der Waals surface area contributed by atoms with Gasteiger partial charge in [0.1, 0.15) is 0 Å². The van der Waals surface area contributed by atoms with Gasteiger partial charge in [0.05, 0.1) is 0 Å². The summed E-state index contributed by atoms with van der Waals surface area (Å²) < 4.78 is 0. The van der Waals surface area contributed by atoms with Crippen LogP contribution in [-0.4, -0.2) is 0 Å². The molecule has 2 aliphatic rings. The minimum atomic E-state index is 0. The van der Waals surface area contributed by atoms with Crippen LogP contribution in [0, 0.1) is 12.2 Å². The van der Waals surface area contributed by atoms with Gasteiger partial charge in [0.15, 0.2) is 0 Å². The van der Waals surface area contributed by atoms with Crippen molar-refractivity contribution in [2.75, 3.05) is 0 Å². The van der Waals surface area contributed by atoms with E-state index in [-0.39, 0.29) is 19.5 Å². The van der Waals surface area contributed by atoms with Crippen LogP contribution in [0.3, 0.4) is 0 Å². The first kappa shape index (κ1) is 14.6. The molecule has 0 aromatic heterocycles. The molecule has 0 saturated carbocycles. The maximum absolute atomic E-state index is 3.19. The molecule has 0 N–H and O–H groups in total. The molecule has 0 spiro atoms. The van der Waals surface area contributed by atoms with Crippen molar-refractivity contribution in [2.24, 2.45) is 0 Å². The third-order valence-corrected chi connectivity index (χ3v) is 2.22. The predicted octanol–water partition coefficient (Wildman–Crippen LogP) is 4.17. The Balaban J connectivity index is 0.000000245. The second-order valence-corrected chi connectivity index (χ2v) is 4.05. The summed E-state index contributed by atoms with van der Waals surface area (Å²) in [4.78, 5) is 0. The molecule has 0 saturated heterocycles. The summed E-state index contributed by atoms with van der Waals surface area (Å²) in [6.45, 7) is 8.42. The molecule has 0 aromatic rings. The van der Waals surface area contributed by atoms with Crippen molar-refractivity contribution in [3.63, 3.8) is 0 Å². The predicted molar refractivity (Wildman–Crippen MR) is 61.6 cm³/mol. The van der Waals surface area contributed by atoms with Crippen LogP contribution in [0.4, 0.5) is 0 Å². The van der Waals surface area contributed by atoms with Gasteiger partial charge >= 0.3 is 19.5 Å². The molecule has 1 heteroatoms. The summed E-state index contributed by atoms with van der Waals surface area (Å²) >= 11 is 0. The first-order chi connectivity index (χ1) is 6.58. The van der Waals surface area contributed by atoms with Crippen LogP contribution in [0.25, 0.3) is 0 Å². The molecular formula is C14H18Ru. The van der Waals surface area contributed by atoms with E-state index in [0.717, 1.165) is 12.8 Å². The molecule has 0 atom stereocenters. The maximum Gasteiger partial charge on any atom is 2.00 e. The smallest absolute Gasteiger partial charge is 0.270 e. The second-order valence-electron chi connectivity index (χ2n) is 4.05. The van der Waals surface area contributed by atoms with Gasteiger partial charge in [-0.3, -0.25) is 12.2 Å². The van der Waals surface area contributed by atoms with Gasteiger partial charge in [0, 0.05) is 0 Å². The van der Waals surface area contributed by atoms with Crippen molar-refractivity contribution < 1.29 is 19.5 Å². The average Bonchev–Trinajstić information content (AvgIpc) is 2.63. The number of hydrogen-bond donors (Lipinski definition) is 0. The minimum absolute atomic E-state index is 0. The zero-order valence-electron chi connectivity index (χ0n) is 9.92. The molecule has 0 fully saturated rings. The topological polar surface area (TPSA) is 0 Å². The molecule has 0 bridgehead atoms. The van der Waals surface area contributed by atoms with Crippen LogP contribution >= 0.6 is 0 Å². The van der Waals surface area contributed by atoms with Gasteiger partial charge in [-0.15, -0.1) is 12.8 Å². The van der Waals surface area contributed by atoms with E-state index in [2.05, 4.69) is 52.0 Å². The Morgan fingerprint density at radius 3 is 1.20 bits per heavy atom. The molecule has 82 valence electrons. The van der Waals surface area contributed by atoms with E-state index in [1.807, 2.05) is 0 Å². The Morgan fingerprint density at radius 2 is 1.13 bits per heavy atom. The van der Waals surface area contributed by atoms with E-state index >= 15 is 0 Å². The second kappa shape index (κ2) is 6.96. The molecule has 0 aromatic carbocycles. The number of allylic oxidation sites excluding steroid dienone is 8. The maximum atomic E-state index is 3.19. The minimum Gasteiger partial charge on any atom is -0.270 e. The fraction of sp³-hybridized carbons (Fsp3) is 0.429. The largest absolute Gasteiger partial charge is 2.00 e. The molecule has 0 amide bonds. The Kier molecular flexibility index (Phi) is 6.76. The van der Waals surface area contributed by atoms with Crippen molar-refractivity contribution in [2.45, 2.75) is 40.5 Å². The summed E-state index contributed by atoms with van der Waals surface area (Å²) in [5, 5.41) is 0. The first-order valence-electron chi connectivity index (χ1n) is 5.07. The quantitative estimate of drug-likeness (QED) is 0.463. The molecule has 0 aliphatic heterocycles. The van der Waals surface area contributed by atoms with E-state index in [9.17, 15) is 0 Å². The first-order valence-corrected chi connectivity index (χ1v) is 5.07. The zero-order chi connectivity index (χ0) is 10.6. The van der Waals surface area contributed by atoms with Gasteiger partial charge in [0.2, 0.25) is 0 Å². The van der Waals surface area contributed by atoms with Crippen LogP contribution in [0.15, 0.2) is 34.4 Å². The third-order valence-electron chi connectivity index (χ3n) is 2.22. The van der Waals surface area contributed by atoms with Gasteiger partial charge in [-0.2, -0.15) is 11.1 Å². The van der Waals surface area contributed by atoms with Crippen molar-refractivity contribution in [1.82, 2.24) is 0 Å². The van der Waals surface area contributed by atoms with Gasteiger partial charge in [-0.1, -0.05) is 27.7 Å². The van der Waals surface area contributed by atoms with Gasteiger partial charge in [0.25, 0.3) is 0 Å². The van der Waals surface area contributed by atoms with Crippen molar-refractivity contribution >= 4 is 0 Å². The summed E-state index contributed by atoms with van der Waals surface area (Å²) in [7, 11) is 0. The normalized spacial score (nSPS) is 17.9. The van der Waals surface area contributed by atoms with Crippen molar-refractivity contribution in [3.8, 4) is 0 Å². The standard InChI is InChI=1S/2C7H9.Ru/c2*1-6-3-4-7(2)5-6;/h2*5H,3H2,1-2H3;/q2*-1;+2. The van der Waals surface area contributed by atoms with E-state index in [4.69, 9.17) is 0 Å². The summed E-state index contributed by atoms with van der Waals surface area (Å²) in [5.41, 5.74) is 5.44. The fourth-order valence-corrected chi connectivity index (χ4v) is 1.50. The molecule has 0 unspecified atom stereocenters. The van der Waals surface area contributed by atoms with E-state index in [1.54, 1.807) is 0 Å². The van der Waals surface area contributed by atoms with Gasteiger partial charge < -0.3 is 0 Å². The summed E-state index contributed by atoms with van der Waals surface area (Å²) in [5.74, 6) is 0. The molecular weight excluding hydrogens is 269 g/mol. The van der Waals surface area contributed by atoms with Crippen LogP contribution in [0.1, 0.15) is 40.5 Å². The van der Waals surface area contributed by atoms with Crippen LogP contribution in [0.5, 0.6) is 0 Å². The number of hydrogen-bond acceptors (Lipinski definition) is 0. The Labute approximate surface area is 107 Å². The van der Waals surface area contributed by atoms with Crippen molar-refractivity contribution in [3.05, 3.63) is 46.6 Å². The van der Waals surface area contributed by atoms with Crippen LogP contribution in [-0.2, 0) is 19.5 Å². The summed E-state index contributed by atoms with van der Waals surface area (Å²) in [6, 6.07) is 0. The molecule has 2 aliphatic carbocycles. The monoisotopic (exact) mass is 288 g/mol. The third kappa shape index (κ3) is 5.89. The molecule has 15 heavy (non-hydrogen) atoms. The SMILES string of the molecule is CC1=[C-]CC(C)=C1.CC1=[C-]CC(C)=C1.[Ru+2]. The van der Waals surface area contributed by atoms with Gasteiger partial charge in [-0.05, 0) is 0 Å². The zero-order valence-corrected chi connectivity index (χ0v) is 11.7. The number of rotatable bonds is 0. The van der Waals surface area contributed by atoms with Crippen molar-refractivity contribution in [1.29, 1.82) is 0 Å². The average molecular weight is 287 g/mol. The van der Waals surface area contributed by atoms with Crippen LogP contribution < -0.4 is 0 Å². The van der Waals surface area contributed by atoms with E-state index < -0.39 is 0 Å².